The summed E-state index contributed by atoms with van der Waals surface area (Å²) in [5.74, 6) is 0.499. The number of ether oxygens (including phenoxy) is 1. The number of aromatic nitrogens is 3. The Morgan fingerprint density at radius 2 is 2.08 bits per heavy atom. The lowest BCUT2D eigenvalue weighted by Gasteiger charge is -2.30. The van der Waals surface area contributed by atoms with Gasteiger partial charge in [0.1, 0.15) is 18.3 Å². The van der Waals surface area contributed by atoms with Crippen LogP contribution in [0.1, 0.15) is 60.5 Å². The normalized spacial score (nSPS) is 16.4. The van der Waals surface area contributed by atoms with Gasteiger partial charge in [-0.2, -0.15) is 5.10 Å². The average Bonchev–Trinajstić information content (AvgIpc) is 3.66. The number of carbonyl (C=O) groups is 2. The summed E-state index contributed by atoms with van der Waals surface area (Å²) < 4.78 is 8.16. The van der Waals surface area contributed by atoms with Crippen LogP contribution in [-0.4, -0.2) is 56.5 Å². The zero-order valence-corrected chi connectivity index (χ0v) is 25.1. The number of aliphatic hydroxyl groups is 1. The summed E-state index contributed by atoms with van der Waals surface area (Å²) in [6.45, 7) is 5.61. The molecule has 3 aromatic rings. The monoisotopic (exact) mass is 630 g/mol. The summed E-state index contributed by atoms with van der Waals surface area (Å²) in [7, 11) is 0. The van der Waals surface area contributed by atoms with Gasteiger partial charge in [-0.05, 0) is 60.3 Å². The smallest absolute Gasteiger partial charge is 0.262 e. The first-order valence-corrected chi connectivity index (χ1v) is 15.2. The molecule has 10 nitrogen and oxygen atoms in total. The lowest BCUT2D eigenvalue weighted by atomic mass is 9.97. The predicted molar refractivity (Wildman–Crippen MR) is 158 cm³/mol. The molecule has 0 radical (unpaired) electrons. The number of hydrogen-bond donors (Lipinski definition) is 3. The number of rotatable bonds is 10. The zero-order valence-electron chi connectivity index (χ0n) is 22.7. The average molecular weight is 632 g/mol. The first-order valence-electron chi connectivity index (χ1n) is 13.6. The SMILES string of the molecule is CC(C)(O)Cn1cc(NC(=O)[C@H](CC2CCCC2)NC(=O)c2ccc(CN3CCOc4ncc(Br)cc43)s2)cn1. The second-order valence-corrected chi connectivity index (χ2v) is 13.2. The van der Waals surface area contributed by atoms with Crippen LogP contribution in [0.4, 0.5) is 11.4 Å². The van der Waals surface area contributed by atoms with Gasteiger partial charge in [0.2, 0.25) is 11.8 Å². The molecule has 40 heavy (non-hydrogen) atoms. The first-order chi connectivity index (χ1) is 19.1. The van der Waals surface area contributed by atoms with Gasteiger partial charge in [-0.3, -0.25) is 14.3 Å². The molecule has 4 heterocycles. The van der Waals surface area contributed by atoms with Crippen molar-refractivity contribution in [1.29, 1.82) is 0 Å². The molecule has 1 saturated carbocycles. The van der Waals surface area contributed by atoms with Crippen LogP contribution in [0.2, 0.25) is 0 Å². The third kappa shape index (κ3) is 7.41. The molecule has 1 fully saturated rings. The Balaban J connectivity index is 1.24. The number of pyridine rings is 1. The molecule has 3 aromatic heterocycles. The van der Waals surface area contributed by atoms with Crippen LogP contribution in [0.25, 0.3) is 0 Å². The summed E-state index contributed by atoms with van der Waals surface area (Å²) in [4.78, 5) is 34.8. The van der Waals surface area contributed by atoms with E-state index in [-0.39, 0.29) is 11.8 Å². The highest BCUT2D eigenvalue weighted by atomic mass is 79.9. The van der Waals surface area contributed by atoms with E-state index in [1.54, 1.807) is 37.1 Å². The Morgan fingerprint density at radius 3 is 2.85 bits per heavy atom. The van der Waals surface area contributed by atoms with E-state index in [0.29, 0.717) is 48.5 Å². The highest BCUT2D eigenvalue weighted by Crippen LogP contribution is 2.34. The second kappa shape index (κ2) is 12.3. The van der Waals surface area contributed by atoms with Crippen molar-refractivity contribution in [1.82, 2.24) is 20.1 Å². The van der Waals surface area contributed by atoms with E-state index >= 15 is 0 Å². The van der Waals surface area contributed by atoms with Crippen LogP contribution >= 0.6 is 27.3 Å². The molecule has 2 amide bonds. The van der Waals surface area contributed by atoms with Crippen LogP contribution in [0.5, 0.6) is 5.88 Å². The maximum Gasteiger partial charge on any atom is 0.262 e. The van der Waals surface area contributed by atoms with Crippen molar-refractivity contribution >= 4 is 50.5 Å². The highest BCUT2D eigenvalue weighted by molar-refractivity contribution is 9.10. The van der Waals surface area contributed by atoms with Crippen molar-refractivity contribution in [2.45, 2.75) is 70.7 Å². The first kappa shape index (κ1) is 28.6. The lowest BCUT2D eigenvalue weighted by Crippen LogP contribution is -2.44. The van der Waals surface area contributed by atoms with E-state index in [9.17, 15) is 14.7 Å². The summed E-state index contributed by atoms with van der Waals surface area (Å²) in [6, 6.07) is 5.11. The molecular weight excluding hydrogens is 596 g/mol. The third-order valence-electron chi connectivity index (χ3n) is 7.09. The van der Waals surface area contributed by atoms with Crippen molar-refractivity contribution in [3.05, 3.63) is 51.0 Å². The molecule has 3 N–H and O–H groups in total. The number of nitrogens with zero attached hydrogens (tertiary/aromatic N) is 4. The van der Waals surface area contributed by atoms with E-state index in [0.717, 1.165) is 47.3 Å². The number of amides is 2. The summed E-state index contributed by atoms with van der Waals surface area (Å²) >= 11 is 4.91. The Bertz CT molecular complexity index is 1350. The van der Waals surface area contributed by atoms with Gasteiger partial charge < -0.3 is 25.4 Å². The van der Waals surface area contributed by atoms with Crippen LogP contribution in [-0.2, 0) is 17.9 Å². The van der Waals surface area contributed by atoms with E-state index in [4.69, 9.17) is 4.74 Å². The molecule has 0 spiro atoms. The number of fused-ring (bicyclic) bond motifs is 1. The van der Waals surface area contributed by atoms with Gasteiger partial charge in [-0.1, -0.05) is 25.7 Å². The minimum absolute atomic E-state index is 0.251. The predicted octanol–water partition coefficient (Wildman–Crippen LogP) is 4.59. The standard InChI is InChI=1S/C28H35BrN6O4S/c1-28(2,38)17-35-15-20(14-31-35)32-25(36)22(11-18-5-3-4-6-18)33-26(37)24-8-7-21(40-24)16-34-9-10-39-27-23(34)12-19(29)13-30-27/h7-8,12-15,18,22,38H,3-6,9-11,16-17H2,1-2H3,(H,32,36)(H,33,37)/t22-/m0/s1. The third-order valence-corrected chi connectivity index (χ3v) is 8.59. The maximum absolute atomic E-state index is 13.3. The van der Waals surface area contributed by atoms with Crippen molar-refractivity contribution in [3.8, 4) is 5.88 Å². The van der Waals surface area contributed by atoms with E-state index in [1.807, 2.05) is 18.2 Å². The van der Waals surface area contributed by atoms with Crippen molar-refractivity contribution in [2.24, 2.45) is 5.92 Å². The number of carbonyl (C=O) groups excluding carboxylic acids is 2. The highest BCUT2D eigenvalue weighted by Gasteiger charge is 2.28. The van der Waals surface area contributed by atoms with Gasteiger partial charge in [-0.25, -0.2) is 4.98 Å². The summed E-state index contributed by atoms with van der Waals surface area (Å²) in [5.41, 5.74) is 0.523. The summed E-state index contributed by atoms with van der Waals surface area (Å²) in [5, 5.41) is 20.2. The van der Waals surface area contributed by atoms with Crippen LogP contribution in [0.3, 0.4) is 0 Å². The quantitative estimate of drug-likeness (QED) is 0.299. The maximum atomic E-state index is 13.3. The number of anilines is 2. The van der Waals surface area contributed by atoms with Gasteiger partial charge in [0.15, 0.2) is 0 Å². The van der Waals surface area contributed by atoms with E-state index in [1.165, 1.54) is 11.3 Å². The number of nitrogens with one attached hydrogen (secondary N) is 2. The molecule has 0 bridgehead atoms. The fourth-order valence-electron chi connectivity index (χ4n) is 5.24. The Morgan fingerprint density at radius 1 is 1.27 bits per heavy atom. The minimum Gasteiger partial charge on any atom is -0.474 e. The molecular formula is C28H35BrN6O4S. The fraction of sp³-hybridized carbons (Fsp3) is 0.500. The molecule has 0 unspecified atom stereocenters. The lowest BCUT2D eigenvalue weighted by molar-refractivity contribution is -0.118. The molecule has 214 valence electrons. The van der Waals surface area contributed by atoms with Crippen molar-refractivity contribution in [2.75, 3.05) is 23.4 Å². The second-order valence-electron chi connectivity index (χ2n) is 11.2. The minimum atomic E-state index is -0.926. The summed E-state index contributed by atoms with van der Waals surface area (Å²) in [6.07, 6.45) is 10.0. The van der Waals surface area contributed by atoms with Crippen LogP contribution < -0.4 is 20.3 Å². The topological polar surface area (TPSA) is 122 Å². The van der Waals surface area contributed by atoms with Crippen LogP contribution in [0, 0.1) is 5.92 Å². The van der Waals surface area contributed by atoms with Gasteiger partial charge in [0.25, 0.3) is 5.91 Å². The molecule has 1 atom stereocenters. The Kier molecular flexibility index (Phi) is 8.77. The van der Waals surface area contributed by atoms with Crippen LogP contribution in [0.15, 0.2) is 41.3 Å². The van der Waals surface area contributed by atoms with Gasteiger partial charge >= 0.3 is 0 Å². The largest absolute Gasteiger partial charge is 0.474 e. The molecule has 0 aromatic carbocycles. The Labute approximate surface area is 246 Å². The van der Waals surface area contributed by atoms with Gasteiger partial charge in [0, 0.05) is 21.7 Å². The van der Waals surface area contributed by atoms with Crippen molar-refractivity contribution in [3.63, 3.8) is 0 Å². The molecule has 1 aliphatic heterocycles. The number of hydrogen-bond acceptors (Lipinski definition) is 8. The molecule has 1 aliphatic carbocycles. The van der Waals surface area contributed by atoms with E-state index in [2.05, 4.69) is 41.5 Å². The van der Waals surface area contributed by atoms with E-state index < -0.39 is 11.6 Å². The van der Waals surface area contributed by atoms with Gasteiger partial charge in [0.05, 0.1) is 42.0 Å². The fourth-order valence-corrected chi connectivity index (χ4v) is 6.49. The number of halogens is 1. The molecule has 5 rings (SSSR count). The number of thiophene rings is 1. The zero-order chi connectivity index (χ0) is 28.3. The molecule has 2 aliphatic rings. The van der Waals surface area contributed by atoms with Gasteiger partial charge in [-0.15, -0.1) is 11.3 Å². The van der Waals surface area contributed by atoms with Crippen molar-refractivity contribution < 1.29 is 19.4 Å². The Hall–Kier alpha value is -2.96. The molecule has 0 saturated heterocycles. The molecule has 12 heteroatoms.